The van der Waals surface area contributed by atoms with Crippen LogP contribution in [0.3, 0.4) is 0 Å². The number of aliphatic hydroxyl groups is 1. The maximum atomic E-state index is 11.5. The van der Waals surface area contributed by atoms with Crippen molar-refractivity contribution in [1.29, 1.82) is 0 Å². The third kappa shape index (κ3) is 4.02. The lowest BCUT2D eigenvalue weighted by atomic mass is 9.69. The van der Waals surface area contributed by atoms with Gasteiger partial charge in [-0.1, -0.05) is 27.2 Å². The zero-order chi connectivity index (χ0) is 18.8. The second kappa shape index (κ2) is 7.79. The fraction of sp³-hybridized carbons (Fsp3) is 0.800. The Morgan fingerprint density at radius 1 is 1.23 bits per heavy atom. The quantitative estimate of drug-likeness (QED) is 0.865. The molecule has 26 heavy (non-hydrogen) atoms. The summed E-state index contributed by atoms with van der Waals surface area (Å²) in [4.78, 5) is 13.8. The van der Waals surface area contributed by atoms with Crippen molar-refractivity contribution < 1.29 is 9.84 Å². The summed E-state index contributed by atoms with van der Waals surface area (Å²) in [7, 11) is 0. The summed E-state index contributed by atoms with van der Waals surface area (Å²) < 4.78 is 5.45. The predicted molar refractivity (Wildman–Crippen MR) is 104 cm³/mol. The second-order valence-electron chi connectivity index (χ2n) is 8.49. The van der Waals surface area contributed by atoms with Crippen LogP contribution in [0.15, 0.2) is 6.20 Å². The molecule has 0 aliphatic carbocycles. The number of ether oxygens (including phenoxy) is 1. The van der Waals surface area contributed by atoms with E-state index in [2.05, 4.69) is 35.6 Å². The van der Waals surface area contributed by atoms with E-state index in [0.29, 0.717) is 0 Å². The Labute approximate surface area is 157 Å². The zero-order valence-corrected chi connectivity index (χ0v) is 16.8. The minimum Gasteiger partial charge on any atom is -0.388 e. The maximum absolute atomic E-state index is 11.5. The summed E-state index contributed by atoms with van der Waals surface area (Å²) in [6, 6.07) is 0. The van der Waals surface area contributed by atoms with Crippen molar-refractivity contribution >= 4 is 5.82 Å². The van der Waals surface area contributed by atoms with E-state index in [4.69, 9.17) is 9.72 Å². The van der Waals surface area contributed by atoms with E-state index in [-0.39, 0.29) is 5.41 Å². The SMILES string of the molecule is CCCc1cnc(C)nc1N1CC[C@@](O)(CN2CCOCC2)C(C)(C)C1. The topological polar surface area (TPSA) is 61.7 Å². The first-order valence-electron chi connectivity index (χ1n) is 9.94. The van der Waals surface area contributed by atoms with Gasteiger partial charge < -0.3 is 14.7 Å². The van der Waals surface area contributed by atoms with Crippen molar-refractivity contribution in [3.63, 3.8) is 0 Å². The van der Waals surface area contributed by atoms with E-state index in [0.717, 1.165) is 76.8 Å². The number of morpholine rings is 1. The zero-order valence-electron chi connectivity index (χ0n) is 16.8. The molecule has 6 nitrogen and oxygen atoms in total. The number of piperidine rings is 1. The molecule has 0 spiro atoms. The maximum Gasteiger partial charge on any atom is 0.135 e. The van der Waals surface area contributed by atoms with Crippen LogP contribution < -0.4 is 4.90 Å². The minimum atomic E-state index is -0.687. The average molecular weight is 363 g/mol. The van der Waals surface area contributed by atoms with Crippen molar-refractivity contribution in [2.45, 2.75) is 52.6 Å². The van der Waals surface area contributed by atoms with Gasteiger partial charge in [0.25, 0.3) is 0 Å². The van der Waals surface area contributed by atoms with Crippen molar-refractivity contribution in [3.8, 4) is 0 Å². The van der Waals surface area contributed by atoms with Crippen LogP contribution in [0.1, 0.15) is 45.0 Å². The Bertz CT molecular complexity index is 616. The van der Waals surface area contributed by atoms with Gasteiger partial charge in [0, 0.05) is 49.9 Å². The lowest BCUT2D eigenvalue weighted by Gasteiger charge is -2.52. The fourth-order valence-electron chi connectivity index (χ4n) is 4.17. The van der Waals surface area contributed by atoms with Gasteiger partial charge in [0.1, 0.15) is 11.6 Å². The molecule has 146 valence electrons. The minimum absolute atomic E-state index is 0.216. The second-order valence-corrected chi connectivity index (χ2v) is 8.49. The largest absolute Gasteiger partial charge is 0.388 e. The molecule has 1 aromatic heterocycles. The molecule has 3 rings (SSSR count). The van der Waals surface area contributed by atoms with E-state index in [1.54, 1.807) is 0 Å². The number of nitrogens with zero attached hydrogens (tertiary/aromatic N) is 4. The van der Waals surface area contributed by atoms with Crippen molar-refractivity contribution in [2.75, 3.05) is 50.8 Å². The first-order chi connectivity index (χ1) is 12.3. The molecule has 2 aliphatic rings. The molecule has 0 aromatic carbocycles. The highest BCUT2D eigenvalue weighted by molar-refractivity contribution is 5.47. The highest BCUT2D eigenvalue weighted by Crippen LogP contribution is 2.41. The van der Waals surface area contributed by atoms with Crippen molar-refractivity contribution in [3.05, 3.63) is 17.6 Å². The smallest absolute Gasteiger partial charge is 0.135 e. The monoisotopic (exact) mass is 362 g/mol. The lowest BCUT2D eigenvalue weighted by Crippen LogP contribution is -2.62. The molecular formula is C20H34N4O2. The van der Waals surface area contributed by atoms with Crippen LogP contribution in [-0.2, 0) is 11.2 Å². The number of hydrogen-bond donors (Lipinski definition) is 1. The van der Waals surface area contributed by atoms with Gasteiger partial charge in [-0.2, -0.15) is 0 Å². The van der Waals surface area contributed by atoms with E-state index in [1.807, 2.05) is 13.1 Å². The number of aromatic nitrogens is 2. The van der Waals surface area contributed by atoms with E-state index >= 15 is 0 Å². The van der Waals surface area contributed by atoms with Crippen LogP contribution in [0.25, 0.3) is 0 Å². The number of rotatable bonds is 5. The predicted octanol–water partition coefficient (Wildman–Crippen LogP) is 2.04. The molecule has 6 heteroatoms. The molecule has 0 saturated carbocycles. The molecule has 0 unspecified atom stereocenters. The number of anilines is 1. The lowest BCUT2D eigenvalue weighted by molar-refractivity contribution is -0.111. The molecular weight excluding hydrogens is 328 g/mol. The average Bonchev–Trinajstić information content (AvgIpc) is 2.60. The Morgan fingerprint density at radius 3 is 2.62 bits per heavy atom. The van der Waals surface area contributed by atoms with Gasteiger partial charge in [-0.05, 0) is 19.8 Å². The first-order valence-corrected chi connectivity index (χ1v) is 9.94. The summed E-state index contributed by atoms with van der Waals surface area (Å²) in [5.41, 5.74) is 0.312. The third-order valence-electron chi connectivity index (χ3n) is 6.01. The van der Waals surface area contributed by atoms with Crippen LogP contribution in [-0.4, -0.2) is 71.5 Å². The molecule has 0 bridgehead atoms. The standard InChI is InChI=1S/C20H34N4O2/c1-5-6-17-13-21-16(2)22-18(17)24-8-7-20(25,19(3,4)14-24)15-23-9-11-26-12-10-23/h13,25H,5-12,14-15H2,1-4H3/t20-/m1/s1. The van der Waals surface area contributed by atoms with Crippen LogP contribution in [0, 0.1) is 12.3 Å². The summed E-state index contributed by atoms with van der Waals surface area (Å²) in [6.07, 6.45) is 4.80. The molecule has 1 atom stereocenters. The molecule has 1 N–H and O–H groups in total. The van der Waals surface area contributed by atoms with Gasteiger partial charge >= 0.3 is 0 Å². The van der Waals surface area contributed by atoms with Crippen LogP contribution in [0.2, 0.25) is 0 Å². The Hall–Kier alpha value is -1.24. The van der Waals surface area contributed by atoms with Gasteiger partial charge in [-0.15, -0.1) is 0 Å². The van der Waals surface area contributed by atoms with E-state index < -0.39 is 5.60 Å². The van der Waals surface area contributed by atoms with Crippen LogP contribution in [0.4, 0.5) is 5.82 Å². The van der Waals surface area contributed by atoms with Gasteiger partial charge in [-0.25, -0.2) is 9.97 Å². The fourth-order valence-corrected chi connectivity index (χ4v) is 4.17. The van der Waals surface area contributed by atoms with Gasteiger partial charge in [-0.3, -0.25) is 4.90 Å². The third-order valence-corrected chi connectivity index (χ3v) is 6.01. The molecule has 0 radical (unpaired) electrons. The van der Waals surface area contributed by atoms with Crippen molar-refractivity contribution in [1.82, 2.24) is 14.9 Å². The number of hydrogen-bond acceptors (Lipinski definition) is 6. The van der Waals surface area contributed by atoms with Crippen molar-refractivity contribution in [2.24, 2.45) is 5.41 Å². The normalized spacial score (nSPS) is 26.9. The molecule has 3 heterocycles. The molecule has 1 aromatic rings. The molecule has 2 saturated heterocycles. The van der Waals surface area contributed by atoms with E-state index in [9.17, 15) is 5.11 Å². The summed E-state index contributed by atoms with van der Waals surface area (Å²) >= 11 is 0. The Balaban J connectivity index is 1.77. The van der Waals surface area contributed by atoms with Gasteiger partial charge in [0.2, 0.25) is 0 Å². The molecule has 2 aliphatic heterocycles. The van der Waals surface area contributed by atoms with Gasteiger partial charge in [0.05, 0.1) is 18.8 Å². The number of aryl methyl sites for hydroxylation is 2. The van der Waals surface area contributed by atoms with Crippen LogP contribution >= 0.6 is 0 Å². The molecule has 0 amide bonds. The number of β-amino-alcohol motifs (C(OH)–C–C–N with tert-alkyl or cyclic N) is 1. The van der Waals surface area contributed by atoms with Crippen LogP contribution in [0.5, 0.6) is 0 Å². The highest BCUT2D eigenvalue weighted by atomic mass is 16.5. The Kier molecular flexibility index (Phi) is 5.85. The van der Waals surface area contributed by atoms with Gasteiger partial charge in [0.15, 0.2) is 0 Å². The summed E-state index contributed by atoms with van der Waals surface area (Å²) in [5.74, 6) is 1.87. The molecule has 2 fully saturated rings. The van der Waals surface area contributed by atoms with E-state index in [1.165, 1.54) is 5.56 Å². The summed E-state index contributed by atoms with van der Waals surface area (Å²) in [6.45, 7) is 14.2. The first kappa shape index (κ1) is 19.5. The summed E-state index contributed by atoms with van der Waals surface area (Å²) in [5, 5.41) is 11.5. The highest BCUT2D eigenvalue weighted by Gasteiger charge is 2.49. The Morgan fingerprint density at radius 2 is 1.96 bits per heavy atom.